The second-order valence-corrected chi connectivity index (χ2v) is 15.8. The van der Waals surface area contributed by atoms with E-state index in [2.05, 4.69) is 5.32 Å². The van der Waals surface area contributed by atoms with Gasteiger partial charge in [-0.3, -0.25) is 19.2 Å². The summed E-state index contributed by atoms with van der Waals surface area (Å²) in [6.07, 6.45) is -0.516. The molecule has 59 heavy (non-hydrogen) atoms. The topological polar surface area (TPSA) is 150 Å². The molecule has 0 aliphatic carbocycles. The van der Waals surface area contributed by atoms with Crippen molar-refractivity contribution in [2.75, 3.05) is 44.2 Å². The number of aryl methyl sites for hydroxylation is 1. The van der Waals surface area contributed by atoms with Gasteiger partial charge in [-0.25, -0.2) is 0 Å². The summed E-state index contributed by atoms with van der Waals surface area (Å²) in [5, 5.41) is 13.1. The number of halogens is 1. The highest BCUT2D eigenvalue weighted by atomic mass is 35.5. The molecule has 2 N–H and O–H groups in total. The van der Waals surface area contributed by atoms with Gasteiger partial charge in [0.15, 0.2) is 11.5 Å². The van der Waals surface area contributed by atoms with Crippen LogP contribution in [0.5, 0.6) is 17.2 Å². The van der Waals surface area contributed by atoms with Crippen molar-refractivity contribution in [2.24, 2.45) is 11.3 Å². The van der Waals surface area contributed by atoms with Gasteiger partial charge in [0, 0.05) is 40.7 Å². The van der Waals surface area contributed by atoms with Crippen LogP contribution in [0.3, 0.4) is 0 Å². The minimum atomic E-state index is -1.33. The number of amides is 2. The zero-order valence-corrected chi connectivity index (χ0v) is 35.2. The van der Waals surface area contributed by atoms with E-state index in [0.29, 0.717) is 69.8 Å². The number of para-hydroxylation sites is 1. The number of rotatable bonds is 19. The Balaban J connectivity index is 1.50. The number of aliphatic carboxylic acids is 1. The van der Waals surface area contributed by atoms with Crippen LogP contribution in [0.15, 0.2) is 84.9 Å². The number of hydrogen-bond donors (Lipinski definition) is 2. The normalized spacial score (nSPS) is 15.7. The van der Waals surface area contributed by atoms with Crippen molar-refractivity contribution in [1.29, 1.82) is 0 Å². The molecule has 4 aromatic rings. The lowest BCUT2D eigenvalue weighted by Crippen LogP contribution is -2.46. The van der Waals surface area contributed by atoms with E-state index in [1.807, 2.05) is 51.1 Å². The fourth-order valence-corrected chi connectivity index (χ4v) is 7.27. The van der Waals surface area contributed by atoms with Gasteiger partial charge in [-0.05, 0) is 73.2 Å². The summed E-state index contributed by atoms with van der Waals surface area (Å²) >= 11 is 6.61. The standard InChI is InChI=1S/C46H53ClN2O10/c1-7-32(45(53)54)23-31-18-21-38(57-22-12-15-30-13-9-8-10-14-30)36(24-31)48-41(51)26-40-44(52)49(27-46(3,4)28-58-29(2)50)37-20-19-33(47)25-35(37)42(59-40)34-16-11-17-39(55-5)43(34)56-6/h8-11,13-14,16-21,24-25,32,40,42H,7,12,15,22-23,26-28H2,1-6H3,(H,48,51)(H,53,54)/t32?,40-,42-/m1/s1. The van der Waals surface area contributed by atoms with Gasteiger partial charge in [0.1, 0.15) is 18.0 Å². The van der Waals surface area contributed by atoms with Crippen molar-refractivity contribution in [3.63, 3.8) is 0 Å². The van der Waals surface area contributed by atoms with Crippen molar-refractivity contribution in [2.45, 2.75) is 72.0 Å². The Morgan fingerprint density at radius 2 is 1.69 bits per heavy atom. The highest BCUT2D eigenvalue weighted by molar-refractivity contribution is 6.30. The van der Waals surface area contributed by atoms with Gasteiger partial charge in [-0.2, -0.15) is 0 Å². The third kappa shape index (κ3) is 11.8. The van der Waals surface area contributed by atoms with Crippen molar-refractivity contribution >= 4 is 46.7 Å². The molecule has 0 radical (unpaired) electrons. The van der Waals surface area contributed by atoms with E-state index < -0.39 is 53.7 Å². The molecular weight excluding hydrogens is 776 g/mol. The Kier molecular flexibility index (Phi) is 15.4. The molecule has 3 atom stereocenters. The van der Waals surface area contributed by atoms with Crippen molar-refractivity contribution in [1.82, 2.24) is 0 Å². The molecule has 1 unspecified atom stereocenters. The largest absolute Gasteiger partial charge is 0.493 e. The van der Waals surface area contributed by atoms with E-state index in [9.17, 15) is 24.3 Å². The molecule has 0 fully saturated rings. The molecule has 4 aromatic carbocycles. The minimum absolute atomic E-state index is 0.0272. The van der Waals surface area contributed by atoms with Crippen LogP contribution < -0.4 is 24.4 Å². The number of carbonyl (C=O) groups is 4. The molecule has 1 aliphatic rings. The van der Waals surface area contributed by atoms with E-state index in [1.54, 1.807) is 59.5 Å². The second-order valence-electron chi connectivity index (χ2n) is 15.3. The monoisotopic (exact) mass is 828 g/mol. The number of anilines is 2. The summed E-state index contributed by atoms with van der Waals surface area (Å²) in [5.74, 6) is -1.80. The second kappa shape index (κ2) is 20.4. The zero-order valence-electron chi connectivity index (χ0n) is 34.4. The zero-order chi connectivity index (χ0) is 42.7. The van der Waals surface area contributed by atoms with E-state index >= 15 is 0 Å². The van der Waals surface area contributed by atoms with Gasteiger partial charge in [0.2, 0.25) is 5.91 Å². The van der Waals surface area contributed by atoms with Crippen LogP contribution in [-0.2, 0) is 41.5 Å². The smallest absolute Gasteiger partial charge is 0.306 e. The average Bonchev–Trinajstić information content (AvgIpc) is 3.31. The number of esters is 1. The first kappa shape index (κ1) is 44.5. The Morgan fingerprint density at radius 1 is 0.932 bits per heavy atom. The highest BCUT2D eigenvalue weighted by Gasteiger charge is 2.41. The van der Waals surface area contributed by atoms with Gasteiger partial charge >= 0.3 is 11.9 Å². The molecule has 0 aromatic heterocycles. The van der Waals surface area contributed by atoms with Gasteiger partial charge in [-0.15, -0.1) is 0 Å². The van der Waals surface area contributed by atoms with E-state index in [1.165, 1.54) is 26.7 Å². The van der Waals surface area contributed by atoms with Crippen LogP contribution in [0.1, 0.15) is 75.3 Å². The summed E-state index contributed by atoms with van der Waals surface area (Å²) in [6, 6.07) is 25.7. The number of nitrogens with zero attached hydrogens (tertiary/aromatic N) is 1. The maximum absolute atomic E-state index is 14.8. The average molecular weight is 829 g/mol. The fourth-order valence-electron chi connectivity index (χ4n) is 7.09. The molecule has 2 amide bonds. The van der Waals surface area contributed by atoms with Gasteiger partial charge < -0.3 is 39.0 Å². The van der Waals surface area contributed by atoms with E-state index in [4.69, 9.17) is 35.3 Å². The number of carboxylic acids is 1. The Hall–Kier alpha value is -5.59. The number of benzene rings is 4. The Labute approximate surface area is 350 Å². The molecule has 13 heteroatoms. The third-order valence-corrected chi connectivity index (χ3v) is 10.3. The maximum Gasteiger partial charge on any atom is 0.306 e. The summed E-state index contributed by atoms with van der Waals surface area (Å²) in [6.45, 7) is 7.37. The van der Waals surface area contributed by atoms with Crippen LogP contribution in [0.4, 0.5) is 11.4 Å². The lowest BCUT2D eigenvalue weighted by atomic mass is 9.92. The first-order valence-electron chi connectivity index (χ1n) is 19.7. The molecule has 0 spiro atoms. The van der Waals surface area contributed by atoms with Crippen LogP contribution in [0.2, 0.25) is 5.02 Å². The molecular formula is C46H53ClN2O10. The first-order valence-corrected chi connectivity index (χ1v) is 20.0. The fraction of sp³-hybridized carbons (Fsp3) is 0.391. The van der Waals surface area contributed by atoms with Crippen LogP contribution >= 0.6 is 11.6 Å². The molecule has 0 bridgehead atoms. The molecule has 12 nitrogen and oxygen atoms in total. The SMILES string of the molecule is CCC(Cc1ccc(OCCCc2ccccc2)c(NC(=O)C[C@H]2O[C@H](c3cccc(OC)c3OC)c3cc(Cl)ccc3N(CC(C)(C)COC(C)=O)C2=O)c1)C(=O)O. The molecule has 0 saturated carbocycles. The van der Waals surface area contributed by atoms with Crippen LogP contribution in [0, 0.1) is 11.3 Å². The number of fused-ring (bicyclic) bond motifs is 1. The first-order chi connectivity index (χ1) is 28.2. The number of carboxylic acid groups (broad SMARTS) is 1. The van der Waals surface area contributed by atoms with Gasteiger partial charge in [0.25, 0.3) is 5.91 Å². The molecule has 1 heterocycles. The van der Waals surface area contributed by atoms with E-state index in [0.717, 1.165) is 6.42 Å². The lowest BCUT2D eigenvalue weighted by molar-refractivity contribution is -0.144. The van der Waals surface area contributed by atoms with Crippen molar-refractivity contribution in [3.8, 4) is 17.2 Å². The maximum atomic E-state index is 14.8. The quantitative estimate of drug-likeness (QED) is 0.0696. The summed E-state index contributed by atoms with van der Waals surface area (Å²) in [5.41, 5.74) is 3.07. The van der Waals surface area contributed by atoms with E-state index in [-0.39, 0.29) is 19.6 Å². The lowest BCUT2D eigenvalue weighted by Gasteiger charge is -2.33. The number of nitrogens with one attached hydrogen (secondary N) is 1. The summed E-state index contributed by atoms with van der Waals surface area (Å²) < 4.78 is 29.7. The van der Waals surface area contributed by atoms with Crippen LogP contribution in [-0.4, -0.2) is 68.9 Å². The minimum Gasteiger partial charge on any atom is -0.493 e. The number of methoxy groups -OCH3 is 2. The van der Waals surface area contributed by atoms with Crippen molar-refractivity contribution < 1.29 is 48.0 Å². The third-order valence-electron chi connectivity index (χ3n) is 10.1. The number of ether oxygens (including phenoxy) is 5. The molecule has 0 saturated heterocycles. The molecule has 5 rings (SSSR count). The number of hydrogen-bond acceptors (Lipinski definition) is 9. The Morgan fingerprint density at radius 3 is 2.37 bits per heavy atom. The van der Waals surface area contributed by atoms with Gasteiger partial charge in [-0.1, -0.05) is 80.9 Å². The van der Waals surface area contributed by atoms with Crippen LogP contribution in [0.25, 0.3) is 0 Å². The number of carbonyl (C=O) groups excluding carboxylic acids is 3. The predicted molar refractivity (Wildman–Crippen MR) is 226 cm³/mol. The predicted octanol–water partition coefficient (Wildman–Crippen LogP) is 8.46. The highest BCUT2D eigenvalue weighted by Crippen LogP contribution is 2.46. The Bertz CT molecular complexity index is 2110. The van der Waals surface area contributed by atoms with Crippen molar-refractivity contribution in [3.05, 3.63) is 112 Å². The summed E-state index contributed by atoms with van der Waals surface area (Å²) in [4.78, 5) is 54.4. The van der Waals surface area contributed by atoms with Gasteiger partial charge in [0.05, 0.1) is 45.5 Å². The molecule has 1 aliphatic heterocycles. The summed E-state index contributed by atoms with van der Waals surface area (Å²) in [7, 11) is 3.02. The molecule has 314 valence electrons.